The van der Waals surface area contributed by atoms with E-state index in [9.17, 15) is 0 Å². The van der Waals surface area contributed by atoms with Gasteiger partial charge in [0, 0.05) is 18.2 Å². The molecule has 0 saturated carbocycles. The quantitative estimate of drug-likeness (QED) is 0.646. The third-order valence-electron chi connectivity index (χ3n) is 3.38. The van der Waals surface area contributed by atoms with Crippen LogP contribution in [0.3, 0.4) is 0 Å². The van der Waals surface area contributed by atoms with Crippen molar-refractivity contribution in [1.82, 2.24) is 14.8 Å². The van der Waals surface area contributed by atoms with Crippen molar-refractivity contribution in [1.29, 1.82) is 0 Å². The Labute approximate surface area is 150 Å². The lowest BCUT2D eigenvalue weighted by Crippen LogP contribution is -1.97. The molecular formula is C18H13Cl2N3O. The molecular weight excluding hydrogens is 345 g/mol. The van der Waals surface area contributed by atoms with E-state index in [-0.39, 0.29) is 6.61 Å². The monoisotopic (exact) mass is 357 g/mol. The molecule has 0 aliphatic carbocycles. The normalized spacial score (nSPS) is 10.4. The molecule has 24 heavy (non-hydrogen) atoms. The van der Waals surface area contributed by atoms with Crippen LogP contribution in [-0.2, 0) is 7.05 Å². The number of rotatable bonds is 4. The largest absolute Gasteiger partial charge is 0.481 e. The molecule has 3 aromatic rings. The summed E-state index contributed by atoms with van der Waals surface area (Å²) in [7, 11) is 1.81. The fourth-order valence-corrected chi connectivity index (χ4v) is 2.74. The number of aryl methyl sites for hydroxylation is 1. The van der Waals surface area contributed by atoms with Crippen LogP contribution in [0.25, 0.3) is 22.8 Å². The van der Waals surface area contributed by atoms with Gasteiger partial charge in [-0.05, 0) is 30.3 Å². The van der Waals surface area contributed by atoms with Crippen molar-refractivity contribution >= 4 is 23.2 Å². The minimum absolute atomic E-state index is 0.191. The molecule has 0 saturated heterocycles. The van der Waals surface area contributed by atoms with E-state index in [0.717, 1.165) is 11.1 Å². The van der Waals surface area contributed by atoms with Crippen molar-refractivity contribution in [2.45, 2.75) is 0 Å². The summed E-state index contributed by atoms with van der Waals surface area (Å²) in [6, 6.07) is 12.8. The first kappa shape index (κ1) is 16.4. The van der Waals surface area contributed by atoms with Crippen molar-refractivity contribution in [3.05, 3.63) is 52.5 Å². The predicted molar refractivity (Wildman–Crippen MR) is 96.2 cm³/mol. The van der Waals surface area contributed by atoms with Crippen LogP contribution in [-0.4, -0.2) is 21.4 Å². The topological polar surface area (TPSA) is 39.9 Å². The summed E-state index contributed by atoms with van der Waals surface area (Å²) in [5.74, 6) is 4.20. The lowest BCUT2D eigenvalue weighted by molar-refractivity contribution is 0.370. The number of ether oxygens (including phenoxy) is 1. The standard InChI is InChI=1S/C18H13Cl2N3O/c1-3-10-24-12-8-9-14(16(20)11-12)18-21-17(22-23(18)2)13-6-4-5-7-15(13)19/h1,4-9,11H,10H2,2H3. The van der Waals surface area contributed by atoms with E-state index >= 15 is 0 Å². The fraction of sp³-hybridized carbons (Fsp3) is 0.111. The molecule has 0 aliphatic heterocycles. The van der Waals surface area contributed by atoms with Gasteiger partial charge in [-0.2, -0.15) is 5.10 Å². The first-order valence-corrected chi connectivity index (χ1v) is 7.88. The fourth-order valence-electron chi connectivity index (χ4n) is 2.27. The molecule has 1 heterocycles. The van der Waals surface area contributed by atoms with Gasteiger partial charge in [0.15, 0.2) is 11.6 Å². The molecule has 0 fully saturated rings. The number of hydrogen-bond donors (Lipinski definition) is 0. The van der Waals surface area contributed by atoms with Crippen LogP contribution in [0.15, 0.2) is 42.5 Å². The first-order valence-electron chi connectivity index (χ1n) is 7.12. The Kier molecular flexibility index (Phi) is 4.75. The van der Waals surface area contributed by atoms with Gasteiger partial charge in [-0.3, -0.25) is 0 Å². The lowest BCUT2D eigenvalue weighted by Gasteiger charge is -2.06. The van der Waals surface area contributed by atoms with Gasteiger partial charge in [-0.25, -0.2) is 9.67 Å². The van der Waals surface area contributed by atoms with Crippen molar-refractivity contribution in [3.8, 4) is 40.9 Å². The predicted octanol–water partition coefficient (Wildman–Crippen LogP) is 4.47. The number of hydrogen-bond acceptors (Lipinski definition) is 3. The van der Waals surface area contributed by atoms with Crippen LogP contribution in [0, 0.1) is 12.3 Å². The maximum absolute atomic E-state index is 6.36. The molecule has 0 atom stereocenters. The molecule has 0 unspecified atom stereocenters. The molecule has 1 aromatic heterocycles. The van der Waals surface area contributed by atoms with Crippen LogP contribution >= 0.6 is 23.2 Å². The van der Waals surface area contributed by atoms with Gasteiger partial charge in [0.2, 0.25) is 0 Å². The molecule has 3 rings (SSSR count). The van der Waals surface area contributed by atoms with Gasteiger partial charge in [0.1, 0.15) is 12.4 Å². The van der Waals surface area contributed by atoms with Gasteiger partial charge >= 0.3 is 0 Å². The Bertz CT molecular complexity index is 928. The molecule has 0 radical (unpaired) electrons. The van der Waals surface area contributed by atoms with Crippen LogP contribution in [0.5, 0.6) is 5.75 Å². The Morgan fingerprint density at radius 2 is 1.92 bits per heavy atom. The van der Waals surface area contributed by atoms with E-state index in [0.29, 0.717) is 27.4 Å². The Morgan fingerprint density at radius 1 is 1.12 bits per heavy atom. The smallest absolute Gasteiger partial charge is 0.183 e. The summed E-state index contributed by atoms with van der Waals surface area (Å²) in [5.41, 5.74) is 1.52. The minimum Gasteiger partial charge on any atom is -0.481 e. The van der Waals surface area contributed by atoms with Gasteiger partial charge in [0.25, 0.3) is 0 Å². The van der Waals surface area contributed by atoms with E-state index in [2.05, 4.69) is 16.0 Å². The van der Waals surface area contributed by atoms with E-state index in [1.165, 1.54) is 0 Å². The second-order valence-electron chi connectivity index (χ2n) is 5.00. The summed E-state index contributed by atoms with van der Waals surface area (Å²) in [6.45, 7) is 0.191. The number of nitrogens with zero attached hydrogens (tertiary/aromatic N) is 3. The highest BCUT2D eigenvalue weighted by Crippen LogP contribution is 2.32. The molecule has 0 aliphatic rings. The molecule has 0 N–H and O–H groups in total. The van der Waals surface area contributed by atoms with E-state index in [1.54, 1.807) is 22.9 Å². The first-order chi connectivity index (χ1) is 11.6. The Hall–Kier alpha value is -2.48. The number of benzene rings is 2. The lowest BCUT2D eigenvalue weighted by atomic mass is 10.2. The second-order valence-corrected chi connectivity index (χ2v) is 5.81. The van der Waals surface area contributed by atoms with E-state index in [4.69, 9.17) is 34.4 Å². The number of aromatic nitrogens is 3. The Morgan fingerprint density at radius 3 is 2.62 bits per heavy atom. The highest BCUT2D eigenvalue weighted by molar-refractivity contribution is 6.33. The highest BCUT2D eigenvalue weighted by atomic mass is 35.5. The molecule has 6 heteroatoms. The average Bonchev–Trinajstić information content (AvgIpc) is 2.95. The maximum Gasteiger partial charge on any atom is 0.183 e. The van der Waals surface area contributed by atoms with E-state index < -0.39 is 0 Å². The van der Waals surface area contributed by atoms with Crippen molar-refractivity contribution < 1.29 is 4.74 Å². The molecule has 2 aromatic carbocycles. The van der Waals surface area contributed by atoms with Crippen molar-refractivity contribution in [2.75, 3.05) is 6.61 Å². The highest BCUT2D eigenvalue weighted by Gasteiger charge is 2.15. The minimum atomic E-state index is 0.191. The molecule has 0 bridgehead atoms. The molecule has 120 valence electrons. The third kappa shape index (κ3) is 3.23. The van der Waals surface area contributed by atoms with Gasteiger partial charge < -0.3 is 4.74 Å². The van der Waals surface area contributed by atoms with Gasteiger partial charge in [0.05, 0.1) is 10.0 Å². The number of halogens is 2. The number of terminal acetylenes is 1. The Balaban J connectivity index is 1.99. The third-order valence-corrected chi connectivity index (χ3v) is 4.02. The van der Waals surface area contributed by atoms with Crippen LogP contribution in [0.4, 0.5) is 0 Å². The second kappa shape index (κ2) is 6.96. The summed E-state index contributed by atoms with van der Waals surface area (Å²) in [5, 5.41) is 5.54. The van der Waals surface area contributed by atoms with E-state index in [1.807, 2.05) is 31.3 Å². The molecule has 4 nitrogen and oxygen atoms in total. The van der Waals surface area contributed by atoms with Crippen LogP contribution in [0.2, 0.25) is 10.0 Å². The summed E-state index contributed by atoms with van der Waals surface area (Å²) in [6.07, 6.45) is 5.19. The van der Waals surface area contributed by atoms with Gasteiger partial charge in [-0.15, -0.1) is 6.42 Å². The molecule has 0 amide bonds. The SMILES string of the molecule is C#CCOc1ccc(-c2nc(-c3ccccc3Cl)nn2C)c(Cl)c1. The van der Waals surface area contributed by atoms with Crippen LogP contribution < -0.4 is 4.74 Å². The zero-order chi connectivity index (χ0) is 17.1. The zero-order valence-corrected chi connectivity index (χ0v) is 14.3. The summed E-state index contributed by atoms with van der Waals surface area (Å²) in [4.78, 5) is 4.57. The average molecular weight is 358 g/mol. The zero-order valence-electron chi connectivity index (χ0n) is 12.8. The maximum atomic E-state index is 6.36. The van der Waals surface area contributed by atoms with Crippen molar-refractivity contribution in [2.24, 2.45) is 7.05 Å². The summed E-state index contributed by atoms with van der Waals surface area (Å²) >= 11 is 12.6. The molecule has 0 spiro atoms. The van der Waals surface area contributed by atoms with Crippen molar-refractivity contribution in [3.63, 3.8) is 0 Å². The summed E-state index contributed by atoms with van der Waals surface area (Å²) < 4.78 is 7.04. The van der Waals surface area contributed by atoms with Crippen LogP contribution in [0.1, 0.15) is 0 Å². The van der Waals surface area contributed by atoms with Gasteiger partial charge in [-0.1, -0.05) is 41.3 Å².